The number of nitrogen functional groups attached to an aromatic ring is 1. The summed E-state index contributed by atoms with van der Waals surface area (Å²) < 4.78 is 37.6. The molecule has 0 atom stereocenters. The lowest BCUT2D eigenvalue weighted by Gasteiger charge is -2.12. The molecule has 0 saturated carbocycles. The molecule has 0 heterocycles. The Bertz CT molecular complexity index is 621. The van der Waals surface area contributed by atoms with Crippen molar-refractivity contribution >= 4 is 11.4 Å². The monoisotopic (exact) mass is 294 g/mol. The van der Waals surface area contributed by atoms with Crippen LogP contribution in [0.1, 0.15) is 16.7 Å². The van der Waals surface area contributed by atoms with Gasteiger partial charge in [0.2, 0.25) is 0 Å². The van der Waals surface area contributed by atoms with Gasteiger partial charge in [0.25, 0.3) is 0 Å². The van der Waals surface area contributed by atoms with E-state index in [1.807, 2.05) is 25.1 Å². The predicted molar refractivity (Wildman–Crippen MR) is 79.2 cm³/mol. The maximum absolute atomic E-state index is 12.5. The molecule has 0 unspecified atom stereocenters. The SMILES string of the molecule is Cc1cccc(CCNc2ccc(C(F)(F)F)cc2N)c1. The van der Waals surface area contributed by atoms with Gasteiger partial charge < -0.3 is 11.1 Å². The van der Waals surface area contributed by atoms with Crippen LogP contribution in [0.5, 0.6) is 0 Å². The van der Waals surface area contributed by atoms with Gasteiger partial charge in [0, 0.05) is 6.54 Å². The number of benzene rings is 2. The molecular weight excluding hydrogens is 277 g/mol. The van der Waals surface area contributed by atoms with Gasteiger partial charge in [-0.3, -0.25) is 0 Å². The average molecular weight is 294 g/mol. The molecule has 2 nitrogen and oxygen atoms in total. The second-order valence-electron chi connectivity index (χ2n) is 4.97. The Morgan fingerprint density at radius 1 is 1.10 bits per heavy atom. The van der Waals surface area contributed by atoms with E-state index in [1.165, 1.54) is 17.2 Å². The van der Waals surface area contributed by atoms with Gasteiger partial charge in [-0.1, -0.05) is 29.8 Å². The average Bonchev–Trinajstić information content (AvgIpc) is 2.39. The van der Waals surface area contributed by atoms with Crippen molar-refractivity contribution in [2.45, 2.75) is 19.5 Å². The van der Waals surface area contributed by atoms with Crippen LogP contribution in [0.3, 0.4) is 0 Å². The zero-order chi connectivity index (χ0) is 15.5. The van der Waals surface area contributed by atoms with E-state index in [2.05, 4.69) is 11.4 Å². The first kappa shape index (κ1) is 15.2. The minimum absolute atomic E-state index is 0.106. The second kappa shape index (κ2) is 6.08. The van der Waals surface area contributed by atoms with Crippen molar-refractivity contribution in [3.63, 3.8) is 0 Å². The number of nitrogens with two attached hydrogens (primary N) is 1. The van der Waals surface area contributed by atoms with Crippen LogP contribution in [0.2, 0.25) is 0 Å². The third-order valence-corrected chi connectivity index (χ3v) is 3.19. The predicted octanol–water partition coefficient (Wildman–Crippen LogP) is 4.25. The number of halogens is 3. The fourth-order valence-corrected chi connectivity index (χ4v) is 2.11. The fourth-order valence-electron chi connectivity index (χ4n) is 2.11. The highest BCUT2D eigenvalue weighted by Crippen LogP contribution is 2.32. The van der Waals surface area contributed by atoms with Gasteiger partial charge in [-0.2, -0.15) is 13.2 Å². The molecule has 21 heavy (non-hydrogen) atoms. The standard InChI is InChI=1S/C16H17F3N2/c1-11-3-2-4-12(9-11)7-8-21-15-6-5-13(10-14(15)20)16(17,18)19/h2-6,9-10,21H,7-8,20H2,1H3. The number of hydrogen-bond acceptors (Lipinski definition) is 2. The lowest BCUT2D eigenvalue weighted by Crippen LogP contribution is -2.09. The Morgan fingerprint density at radius 3 is 2.48 bits per heavy atom. The summed E-state index contributed by atoms with van der Waals surface area (Å²) in [6.07, 6.45) is -3.59. The van der Waals surface area contributed by atoms with Crippen LogP contribution in [-0.4, -0.2) is 6.54 Å². The van der Waals surface area contributed by atoms with Gasteiger partial charge >= 0.3 is 6.18 Å². The van der Waals surface area contributed by atoms with E-state index in [0.717, 1.165) is 18.6 Å². The van der Waals surface area contributed by atoms with Crippen LogP contribution < -0.4 is 11.1 Å². The Kier molecular flexibility index (Phi) is 4.40. The van der Waals surface area contributed by atoms with E-state index < -0.39 is 11.7 Å². The first-order valence-corrected chi connectivity index (χ1v) is 6.62. The lowest BCUT2D eigenvalue weighted by atomic mass is 10.1. The summed E-state index contributed by atoms with van der Waals surface area (Å²) in [5.41, 5.74) is 7.91. The van der Waals surface area contributed by atoms with Crippen LogP contribution in [0.15, 0.2) is 42.5 Å². The molecule has 5 heteroatoms. The maximum atomic E-state index is 12.5. The third-order valence-electron chi connectivity index (χ3n) is 3.19. The first-order chi connectivity index (χ1) is 9.86. The van der Waals surface area contributed by atoms with E-state index in [0.29, 0.717) is 12.2 Å². The summed E-state index contributed by atoms with van der Waals surface area (Å²) >= 11 is 0. The molecule has 2 aromatic rings. The fraction of sp³-hybridized carbons (Fsp3) is 0.250. The zero-order valence-electron chi connectivity index (χ0n) is 11.7. The maximum Gasteiger partial charge on any atom is 0.416 e. The number of nitrogens with one attached hydrogen (secondary N) is 1. The largest absolute Gasteiger partial charge is 0.416 e. The number of rotatable bonds is 4. The highest BCUT2D eigenvalue weighted by molar-refractivity contribution is 5.67. The highest BCUT2D eigenvalue weighted by Gasteiger charge is 2.30. The van der Waals surface area contributed by atoms with Crippen molar-refractivity contribution < 1.29 is 13.2 Å². The van der Waals surface area contributed by atoms with Crippen molar-refractivity contribution in [3.8, 4) is 0 Å². The molecule has 112 valence electrons. The molecule has 0 fully saturated rings. The second-order valence-corrected chi connectivity index (χ2v) is 4.97. The number of aryl methyl sites for hydroxylation is 1. The van der Waals surface area contributed by atoms with Crippen molar-refractivity contribution in [1.29, 1.82) is 0 Å². The summed E-state index contributed by atoms with van der Waals surface area (Å²) in [7, 11) is 0. The van der Waals surface area contributed by atoms with Gasteiger partial charge in [0.15, 0.2) is 0 Å². The van der Waals surface area contributed by atoms with Crippen molar-refractivity contribution in [1.82, 2.24) is 0 Å². The molecule has 0 aliphatic heterocycles. The summed E-state index contributed by atoms with van der Waals surface area (Å²) in [5.74, 6) is 0. The smallest absolute Gasteiger partial charge is 0.397 e. The van der Waals surface area contributed by atoms with Gasteiger partial charge in [-0.15, -0.1) is 0 Å². The molecule has 2 rings (SSSR count). The molecular formula is C16H17F3N2. The van der Waals surface area contributed by atoms with E-state index in [4.69, 9.17) is 5.73 Å². The normalized spacial score (nSPS) is 11.4. The van der Waals surface area contributed by atoms with Gasteiger partial charge in [-0.05, 0) is 37.1 Å². The quantitative estimate of drug-likeness (QED) is 0.827. The topological polar surface area (TPSA) is 38.0 Å². The van der Waals surface area contributed by atoms with E-state index in [9.17, 15) is 13.2 Å². The van der Waals surface area contributed by atoms with Gasteiger partial charge in [0.05, 0.1) is 16.9 Å². The first-order valence-electron chi connectivity index (χ1n) is 6.62. The molecule has 0 saturated heterocycles. The molecule has 0 spiro atoms. The van der Waals surface area contributed by atoms with Crippen molar-refractivity contribution in [2.24, 2.45) is 0 Å². The van der Waals surface area contributed by atoms with E-state index in [-0.39, 0.29) is 5.69 Å². The highest BCUT2D eigenvalue weighted by atomic mass is 19.4. The minimum Gasteiger partial charge on any atom is -0.397 e. The summed E-state index contributed by atoms with van der Waals surface area (Å²) in [4.78, 5) is 0. The molecule has 0 amide bonds. The number of alkyl halides is 3. The molecule has 0 aromatic heterocycles. The summed E-state index contributed by atoms with van der Waals surface area (Å²) in [6.45, 7) is 2.63. The van der Waals surface area contributed by atoms with Crippen molar-refractivity contribution in [2.75, 3.05) is 17.6 Å². The number of hydrogen-bond donors (Lipinski definition) is 2. The third kappa shape index (κ3) is 4.15. The number of anilines is 2. The van der Waals surface area contributed by atoms with Crippen LogP contribution >= 0.6 is 0 Å². The van der Waals surface area contributed by atoms with E-state index >= 15 is 0 Å². The van der Waals surface area contributed by atoms with Crippen LogP contribution in [-0.2, 0) is 12.6 Å². The summed E-state index contributed by atoms with van der Waals surface area (Å²) in [5, 5.41) is 3.07. The van der Waals surface area contributed by atoms with Gasteiger partial charge in [0.1, 0.15) is 0 Å². The summed E-state index contributed by atoms with van der Waals surface area (Å²) in [6, 6.07) is 11.5. The van der Waals surface area contributed by atoms with Crippen LogP contribution in [0.25, 0.3) is 0 Å². The molecule has 0 radical (unpaired) electrons. The minimum atomic E-state index is -4.37. The van der Waals surface area contributed by atoms with Crippen molar-refractivity contribution in [3.05, 3.63) is 59.2 Å². The Balaban J connectivity index is 1.98. The lowest BCUT2D eigenvalue weighted by molar-refractivity contribution is -0.137. The Morgan fingerprint density at radius 2 is 1.86 bits per heavy atom. The molecule has 3 N–H and O–H groups in total. The van der Waals surface area contributed by atoms with Gasteiger partial charge in [-0.25, -0.2) is 0 Å². The molecule has 0 bridgehead atoms. The Hall–Kier alpha value is -2.17. The zero-order valence-corrected chi connectivity index (χ0v) is 11.7. The van der Waals surface area contributed by atoms with Crippen LogP contribution in [0, 0.1) is 6.92 Å². The van der Waals surface area contributed by atoms with Crippen LogP contribution in [0.4, 0.5) is 24.5 Å². The van der Waals surface area contributed by atoms with E-state index in [1.54, 1.807) is 0 Å². The molecule has 0 aliphatic rings. The molecule has 2 aromatic carbocycles. The molecule has 0 aliphatic carbocycles. The Labute approximate surface area is 121 Å².